The van der Waals surface area contributed by atoms with Gasteiger partial charge in [0.2, 0.25) is 0 Å². The van der Waals surface area contributed by atoms with E-state index in [1.54, 1.807) is 7.11 Å². The van der Waals surface area contributed by atoms with E-state index in [9.17, 15) is 0 Å². The number of rotatable bonds is 4. The Morgan fingerprint density at radius 1 is 1.75 bits per heavy atom. The third-order valence-corrected chi connectivity index (χ3v) is 0.798. The summed E-state index contributed by atoms with van der Waals surface area (Å²) in [6, 6.07) is 0. The highest BCUT2D eigenvalue weighted by Crippen LogP contribution is 1.90. The average molecular weight is 115 g/mol. The summed E-state index contributed by atoms with van der Waals surface area (Å²) in [6.45, 7) is 6.58. The predicted octanol–water partition coefficient (Wildman–Crippen LogP) is 1.10. The molecule has 0 bridgehead atoms. The zero-order valence-electron chi connectivity index (χ0n) is 5.53. The third kappa shape index (κ3) is 5.66. The molecule has 2 nitrogen and oxygen atoms in total. The van der Waals surface area contributed by atoms with E-state index < -0.39 is 0 Å². The van der Waals surface area contributed by atoms with E-state index in [4.69, 9.17) is 0 Å². The molecule has 48 valence electrons. The molecule has 0 aliphatic heterocycles. The van der Waals surface area contributed by atoms with Crippen molar-refractivity contribution in [2.45, 2.75) is 13.3 Å². The number of hydrogen-bond acceptors (Lipinski definition) is 2. The first-order valence-corrected chi connectivity index (χ1v) is 2.67. The summed E-state index contributed by atoms with van der Waals surface area (Å²) in [5.74, 6) is 0. The normalized spacial score (nSPS) is 9.25. The fourth-order valence-corrected chi connectivity index (χ4v) is 0.366. The Bertz CT molecular complexity index is 70.9. The highest BCUT2D eigenvalue weighted by Gasteiger charge is 1.82. The molecule has 0 fully saturated rings. The molecule has 0 heterocycles. The summed E-state index contributed by atoms with van der Waals surface area (Å²) < 4.78 is 0. The van der Waals surface area contributed by atoms with Gasteiger partial charge in [-0.2, -0.15) is 0 Å². The second-order valence-electron chi connectivity index (χ2n) is 1.81. The summed E-state index contributed by atoms with van der Waals surface area (Å²) >= 11 is 0. The molecule has 0 atom stereocenters. The van der Waals surface area contributed by atoms with Crippen LogP contribution in [0.3, 0.4) is 0 Å². The Hall–Kier alpha value is -0.340. The Balaban J connectivity index is 2.82. The van der Waals surface area contributed by atoms with Crippen molar-refractivity contribution in [3.63, 3.8) is 0 Å². The summed E-state index contributed by atoms with van der Waals surface area (Å²) in [7, 11) is 1.61. The molecule has 0 saturated heterocycles. The Morgan fingerprint density at radius 2 is 2.38 bits per heavy atom. The van der Waals surface area contributed by atoms with Gasteiger partial charge in [-0.25, -0.2) is 5.48 Å². The lowest BCUT2D eigenvalue weighted by atomic mass is 10.2. The molecule has 0 aromatic heterocycles. The van der Waals surface area contributed by atoms with Crippen LogP contribution in [0.5, 0.6) is 0 Å². The minimum absolute atomic E-state index is 0.853. The van der Waals surface area contributed by atoms with Crippen LogP contribution in [-0.4, -0.2) is 13.7 Å². The van der Waals surface area contributed by atoms with Crippen molar-refractivity contribution in [2.24, 2.45) is 0 Å². The van der Waals surface area contributed by atoms with Crippen molar-refractivity contribution in [1.29, 1.82) is 0 Å². The summed E-state index contributed by atoms with van der Waals surface area (Å²) in [5.41, 5.74) is 3.89. The van der Waals surface area contributed by atoms with Crippen LogP contribution in [0.15, 0.2) is 12.2 Å². The van der Waals surface area contributed by atoms with Crippen LogP contribution in [0, 0.1) is 0 Å². The lowest BCUT2D eigenvalue weighted by Crippen LogP contribution is -2.12. The first-order valence-electron chi connectivity index (χ1n) is 2.67. The first-order chi connectivity index (χ1) is 3.77. The third-order valence-electron chi connectivity index (χ3n) is 0.798. The van der Waals surface area contributed by atoms with Crippen LogP contribution in [0.25, 0.3) is 0 Å². The van der Waals surface area contributed by atoms with Gasteiger partial charge in [-0.3, -0.25) is 0 Å². The van der Waals surface area contributed by atoms with Crippen molar-refractivity contribution in [3.8, 4) is 0 Å². The molecule has 8 heavy (non-hydrogen) atoms. The zero-order valence-corrected chi connectivity index (χ0v) is 5.53. The van der Waals surface area contributed by atoms with Gasteiger partial charge < -0.3 is 4.84 Å². The van der Waals surface area contributed by atoms with Crippen molar-refractivity contribution in [3.05, 3.63) is 12.2 Å². The van der Waals surface area contributed by atoms with E-state index in [1.807, 2.05) is 6.92 Å². The summed E-state index contributed by atoms with van der Waals surface area (Å²) in [6.07, 6.45) is 0.980. The molecule has 0 unspecified atom stereocenters. The van der Waals surface area contributed by atoms with Gasteiger partial charge in [-0.1, -0.05) is 5.57 Å². The minimum Gasteiger partial charge on any atom is -0.305 e. The molecular formula is C6H13NO. The number of hydroxylamine groups is 1. The van der Waals surface area contributed by atoms with Gasteiger partial charge in [0.15, 0.2) is 0 Å². The van der Waals surface area contributed by atoms with Gasteiger partial charge in [-0.05, 0) is 13.3 Å². The van der Waals surface area contributed by atoms with E-state index in [0.29, 0.717) is 0 Å². The van der Waals surface area contributed by atoms with Crippen LogP contribution in [0.2, 0.25) is 0 Å². The van der Waals surface area contributed by atoms with Crippen LogP contribution in [0.4, 0.5) is 0 Å². The van der Waals surface area contributed by atoms with E-state index in [1.165, 1.54) is 5.57 Å². The monoisotopic (exact) mass is 115 g/mol. The van der Waals surface area contributed by atoms with E-state index in [0.717, 1.165) is 13.0 Å². The van der Waals surface area contributed by atoms with Crippen molar-refractivity contribution in [2.75, 3.05) is 13.7 Å². The van der Waals surface area contributed by atoms with Crippen molar-refractivity contribution in [1.82, 2.24) is 5.48 Å². The Labute approximate surface area is 50.5 Å². The molecule has 0 aliphatic carbocycles. The SMILES string of the molecule is C=C(C)CCNOC. The van der Waals surface area contributed by atoms with Gasteiger partial charge in [0.25, 0.3) is 0 Å². The molecule has 1 N–H and O–H groups in total. The quantitative estimate of drug-likeness (QED) is 0.336. The van der Waals surface area contributed by atoms with Gasteiger partial charge in [0.05, 0.1) is 7.11 Å². The van der Waals surface area contributed by atoms with Gasteiger partial charge in [0.1, 0.15) is 0 Å². The summed E-state index contributed by atoms with van der Waals surface area (Å²) in [5, 5.41) is 0. The second-order valence-corrected chi connectivity index (χ2v) is 1.81. The average Bonchev–Trinajstić information content (AvgIpc) is 1.66. The summed E-state index contributed by atoms with van der Waals surface area (Å²) in [4.78, 5) is 4.60. The van der Waals surface area contributed by atoms with Crippen LogP contribution in [0.1, 0.15) is 13.3 Å². The van der Waals surface area contributed by atoms with E-state index in [2.05, 4.69) is 16.9 Å². The maximum absolute atomic E-state index is 4.60. The second kappa shape index (κ2) is 4.81. The predicted molar refractivity (Wildman–Crippen MR) is 34.4 cm³/mol. The standard InChI is InChI=1S/C6H13NO/c1-6(2)4-5-7-8-3/h7H,1,4-5H2,2-3H3. The molecule has 0 aliphatic rings. The van der Waals surface area contributed by atoms with Crippen molar-refractivity contribution < 1.29 is 4.84 Å². The maximum Gasteiger partial charge on any atom is 0.0572 e. The van der Waals surface area contributed by atoms with Crippen LogP contribution in [-0.2, 0) is 4.84 Å². The molecule has 0 amide bonds. The fraction of sp³-hybridized carbons (Fsp3) is 0.667. The topological polar surface area (TPSA) is 21.3 Å². The number of hydrogen-bond donors (Lipinski definition) is 1. The van der Waals surface area contributed by atoms with Gasteiger partial charge in [0, 0.05) is 6.54 Å². The number of nitrogens with one attached hydrogen (secondary N) is 1. The fourth-order valence-electron chi connectivity index (χ4n) is 0.366. The molecule has 0 rings (SSSR count). The highest BCUT2D eigenvalue weighted by molar-refractivity contribution is 4.87. The minimum atomic E-state index is 0.853. The largest absolute Gasteiger partial charge is 0.305 e. The molecule has 2 heteroatoms. The molecule has 0 aromatic carbocycles. The van der Waals surface area contributed by atoms with Gasteiger partial charge >= 0.3 is 0 Å². The lowest BCUT2D eigenvalue weighted by Gasteiger charge is -1.98. The van der Waals surface area contributed by atoms with Crippen molar-refractivity contribution >= 4 is 0 Å². The molecule has 0 aromatic rings. The van der Waals surface area contributed by atoms with Crippen LogP contribution < -0.4 is 5.48 Å². The molecule has 0 saturated carbocycles. The highest BCUT2D eigenvalue weighted by atomic mass is 16.6. The lowest BCUT2D eigenvalue weighted by molar-refractivity contribution is 0.0928. The molecule has 0 spiro atoms. The van der Waals surface area contributed by atoms with E-state index >= 15 is 0 Å². The Kier molecular flexibility index (Phi) is 4.61. The maximum atomic E-state index is 4.60. The smallest absolute Gasteiger partial charge is 0.0572 e. The zero-order chi connectivity index (χ0) is 6.41. The first kappa shape index (κ1) is 7.66. The van der Waals surface area contributed by atoms with Crippen LogP contribution >= 0.6 is 0 Å². The molecule has 0 radical (unpaired) electrons. The Morgan fingerprint density at radius 3 is 2.75 bits per heavy atom. The van der Waals surface area contributed by atoms with Gasteiger partial charge in [-0.15, -0.1) is 6.58 Å². The molecular weight excluding hydrogens is 102 g/mol. The van der Waals surface area contributed by atoms with E-state index in [-0.39, 0.29) is 0 Å².